The molecule has 0 spiro atoms. The highest BCUT2D eigenvalue weighted by Gasteiger charge is 2.22. The first kappa shape index (κ1) is 11.3. The SMILES string of the molecule is CNCc1cccc(OC)c1OC1CCC1. The van der Waals surface area contributed by atoms with Crippen LogP contribution < -0.4 is 14.8 Å². The minimum Gasteiger partial charge on any atom is -0.493 e. The molecule has 1 aromatic rings. The zero-order valence-electron chi connectivity index (χ0n) is 9.95. The molecule has 0 bridgehead atoms. The fourth-order valence-corrected chi connectivity index (χ4v) is 1.84. The Morgan fingerprint density at radius 3 is 2.75 bits per heavy atom. The van der Waals surface area contributed by atoms with Crippen LogP contribution in [0.15, 0.2) is 18.2 Å². The standard InChI is InChI=1S/C13H19NO2/c1-14-9-10-5-3-8-12(15-2)13(10)16-11-6-4-7-11/h3,5,8,11,14H,4,6-7,9H2,1-2H3. The van der Waals surface area contributed by atoms with Crippen LogP contribution in [0.4, 0.5) is 0 Å². The maximum atomic E-state index is 5.99. The van der Waals surface area contributed by atoms with E-state index in [2.05, 4.69) is 11.4 Å². The molecule has 1 fully saturated rings. The van der Waals surface area contributed by atoms with Gasteiger partial charge in [-0.25, -0.2) is 0 Å². The fourth-order valence-electron chi connectivity index (χ4n) is 1.84. The molecule has 1 N–H and O–H groups in total. The van der Waals surface area contributed by atoms with E-state index in [9.17, 15) is 0 Å². The molecule has 0 aromatic heterocycles. The minimum atomic E-state index is 0.381. The van der Waals surface area contributed by atoms with Crippen molar-refractivity contribution < 1.29 is 9.47 Å². The topological polar surface area (TPSA) is 30.5 Å². The maximum Gasteiger partial charge on any atom is 0.166 e. The molecule has 1 aromatic carbocycles. The van der Waals surface area contributed by atoms with Crippen LogP contribution in [0.5, 0.6) is 11.5 Å². The van der Waals surface area contributed by atoms with Gasteiger partial charge < -0.3 is 14.8 Å². The third-order valence-corrected chi connectivity index (χ3v) is 2.98. The minimum absolute atomic E-state index is 0.381. The van der Waals surface area contributed by atoms with Gasteiger partial charge in [-0.2, -0.15) is 0 Å². The number of para-hydroxylation sites is 1. The molecule has 1 aliphatic rings. The zero-order valence-corrected chi connectivity index (χ0v) is 9.95. The van der Waals surface area contributed by atoms with Crippen LogP contribution in [-0.4, -0.2) is 20.3 Å². The average Bonchev–Trinajstić information content (AvgIpc) is 2.25. The molecule has 0 radical (unpaired) electrons. The Bertz CT molecular complexity index is 348. The Labute approximate surface area is 96.8 Å². The second-order valence-corrected chi connectivity index (χ2v) is 4.15. The van der Waals surface area contributed by atoms with E-state index in [4.69, 9.17) is 9.47 Å². The number of methoxy groups -OCH3 is 1. The number of nitrogens with one attached hydrogen (secondary N) is 1. The van der Waals surface area contributed by atoms with E-state index >= 15 is 0 Å². The second-order valence-electron chi connectivity index (χ2n) is 4.15. The van der Waals surface area contributed by atoms with E-state index < -0.39 is 0 Å². The Kier molecular flexibility index (Phi) is 3.67. The van der Waals surface area contributed by atoms with Crippen molar-refractivity contribution in [2.75, 3.05) is 14.2 Å². The largest absolute Gasteiger partial charge is 0.493 e. The van der Waals surface area contributed by atoms with E-state index in [-0.39, 0.29) is 0 Å². The smallest absolute Gasteiger partial charge is 0.166 e. The first-order valence-electron chi connectivity index (χ1n) is 5.82. The van der Waals surface area contributed by atoms with Crippen LogP contribution in [0, 0.1) is 0 Å². The molecule has 0 saturated heterocycles. The third-order valence-electron chi connectivity index (χ3n) is 2.98. The summed E-state index contributed by atoms with van der Waals surface area (Å²) in [5.41, 5.74) is 1.16. The van der Waals surface area contributed by atoms with Crippen molar-refractivity contribution in [3.05, 3.63) is 23.8 Å². The van der Waals surface area contributed by atoms with E-state index in [0.29, 0.717) is 6.10 Å². The second kappa shape index (κ2) is 5.21. The molecule has 0 atom stereocenters. The van der Waals surface area contributed by atoms with Crippen LogP contribution >= 0.6 is 0 Å². The lowest BCUT2D eigenvalue weighted by Gasteiger charge is -2.28. The van der Waals surface area contributed by atoms with Gasteiger partial charge in [-0.05, 0) is 32.4 Å². The zero-order chi connectivity index (χ0) is 11.4. The van der Waals surface area contributed by atoms with Crippen molar-refractivity contribution >= 4 is 0 Å². The molecule has 1 aliphatic carbocycles. The molecule has 0 unspecified atom stereocenters. The molecule has 0 amide bonds. The Hall–Kier alpha value is -1.22. The summed E-state index contributed by atoms with van der Waals surface area (Å²) < 4.78 is 11.3. The number of rotatable bonds is 5. The highest BCUT2D eigenvalue weighted by Crippen LogP contribution is 2.35. The lowest BCUT2D eigenvalue weighted by atomic mass is 9.96. The van der Waals surface area contributed by atoms with Gasteiger partial charge in [-0.3, -0.25) is 0 Å². The van der Waals surface area contributed by atoms with Gasteiger partial charge in [0.2, 0.25) is 0 Å². The Balaban J connectivity index is 2.21. The number of hydrogen-bond donors (Lipinski definition) is 1. The van der Waals surface area contributed by atoms with Crippen LogP contribution in [0.25, 0.3) is 0 Å². The van der Waals surface area contributed by atoms with E-state index in [1.165, 1.54) is 6.42 Å². The van der Waals surface area contributed by atoms with Crippen molar-refractivity contribution in [1.82, 2.24) is 5.32 Å². The van der Waals surface area contributed by atoms with Crippen molar-refractivity contribution in [2.24, 2.45) is 0 Å². The molecule has 0 aliphatic heterocycles. The van der Waals surface area contributed by atoms with Gasteiger partial charge in [0.25, 0.3) is 0 Å². The molecular formula is C13H19NO2. The van der Waals surface area contributed by atoms with E-state index in [0.717, 1.165) is 36.4 Å². The van der Waals surface area contributed by atoms with Crippen LogP contribution in [0.1, 0.15) is 24.8 Å². The number of hydrogen-bond acceptors (Lipinski definition) is 3. The first-order chi connectivity index (χ1) is 7.85. The number of ether oxygens (including phenoxy) is 2. The maximum absolute atomic E-state index is 5.99. The van der Waals surface area contributed by atoms with Crippen molar-refractivity contribution in [3.8, 4) is 11.5 Å². The van der Waals surface area contributed by atoms with Gasteiger partial charge in [0.15, 0.2) is 11.5 Å². The molecule has 0 heterocycles. The molecule has 88 valence electrons. The molecule has 3 heteroatoms. The molecule has 3 nitrogen and oxygen atoms in total. The summed E-state index contributed by atoms with van der Waals surface area (Å²) in [5, 5.41) is 3.15. The highest BCUT2D eigenvalue weighted by molar-refractivity contribution is 5.46. The van der Waals surface area contributed by atoms with Crippen molar-refractivity contribution in [1.29, 1.82) is 0 Å². The van der Waals surface area contributed by atoms with Crippen LogP contribution in [0.2, 0.25) is 0 Å². The Morgan fingerprint density at radius 1 is 1.38 bits per heavy atom. The van der Waals surface area contributed by atoms with Gasteiger partial charge >= 0.3 is 0 Å². The molecule has 16 heavy (non-hydrogen) atoms. The van der Waals surface area contributed by atoms with Gasteiger partial charge in [0.05, 0.1) is 13.2 Å². The molecule has 2 rings (SSSR count). The predicted molar refractivity (Wildman–Crippen MR) is 64.0 cm³/mol. The van der Waals surface area contributed by atoms with Gasteiger partial charge in [0, 0.05) is 12.1 Å². The van der Waals surface area contributed by atoms with E-state index in [1.54, 1.807) is 7.11 Å². The quantitative estimate of drug-likeness (QED) is 0.828. The van der Waals surface area contributed by atoms with Crippen molar-refractivity contribution in [2.45, 2.75) is 31.9 Å². The summed E-state index contributed by atoms with van der Waals surface area (Å²) in [6, 6.07) is 6.03. The summed E-state index contributed by atoms with van der Waals surface area (Å²) in [6.45, 7) is 0.805. The molecular weight excluding hydrogens is 202 g/mol. The summed E-state index contributed by atoms with van der Waals surface area (Å²) in [5.74, 6) is 1.74. The summed E-state index contributed by atoms with van der Waals surface area (Å²) >= 11 is 0. The number of benzene rings is 1. The monoisotopic (exact) mass is 221 g/mol. The van der Waals surface area contributed by atoms with E-state index in [1.807, 2.05) is 19.2 Å². The van der Waals surface area contributed by atoms with Gasteiger partial charge in [-0.15, -0.1) is 0 Å². The lowest BCUT2D eigenvalue weighted by Crippen LogP contribution is -2.25. The molecule has 1 saturated carbocycles. The summed E-state index contributed by atoms with van der Waals surface area (Å²) in [7, 11) is 3.62. The average molecular weight is 221 g/mol. The van der Waals surface area contributed by atoms with Crippen molar-refractivity contribution in [3.63, 3.8) is 0 Å². The van der Waals surface area contributed by atoms with Crippen LogP contribution in [-0.2, 0) is 6.54 Å². The predicted octanol–water partition coefficient (Wildman–Crippen LogP) is 2.35. The van der Waals surface area contributed by atoms with Gasteiger partial charge in [-0.1, -0.05) is 12.1 Å². The summed E-state index contributed by atoms with van der Waals surface area (Å²) in [4.78, 5) is 0. The highest BCUT2D eigenvalue weighted by atomic mass is 16.5. The first-order valence-corrected chi connectivity index (χ1v) is 5.82. The van der Waals surface area contributed by atoms with Crippen LogP contribution in [0.3, 0.4) is 0 Å². The fraction of sp³-hybridized carbons (Fsp3) is 0.538. The third kappa shape index (κ3) is 2.30. The Morgan fingerprint density at radius 2 is 2.19 bits per heavy atom. The van der Waals surface area contributed by atoms with Gasteiger partial charge in [0.1, 0.15) is 0 Å². The normalized spacial score (nSPS) is 15.6. The lowest BCUT2D eigenvalue weighted by molar-refractivity contribution is 0.114. The summed E-state index contributed by atoms with van der Waals surface area (Å²) in [6.07, 6.45) is 3.99.